The van der Waals surface area contributed by atoms with Gasteiger partial charge in [-0.15, -0.1) is 0 Å². The van der Waals surface area contributed by atoms with E-state index in [1.54, 1.807) is 0 Å². The third kappa shape index (κ3) is 4.61. The summed E-state index contributed by atoms with van der Waals surface area (Å²) in [4.78, 5) is 25.5. The summed E-state index contributed by atoms with van der Waals surface area (Å²) in [5.74, 6) is 0.330. The molecule has 0 spiro atoms. The molecular formula is C25H31N7O. The summed E-state index contributed by atoms with van der Waals surface area (Å²) in [5, 5.41) is 6.76. The van der Waals surface area contributed by atoms with Gasteiger partial charge < -0.3 is 26.2 Å². The fourth-order valence-corrected chi connectivity index (χ4v) is 4.20. The number of nitrogens with two attached hydrogens (primary N) is 1. The molecule has 1 unspecified atom stereocenters. The second kappa shape index (κ2) is 9.46. The zero-order chi connectivity index (χ0) is 23.5. The highest BCUT2D eigenvalue weighted by Gasteiger charge is 2.30. The van der Waals surface area contributed by atoms with Gasteiger partial charge in [-0.3, -0.25) is 4.79 Å². The van der Waals surface area contributed by atoms with Crippen LogP contribution in [0.15, 0.2) is 64.0 Å². The molecule has 0 aliphatic carbocycles. The van der Waals surface area contributed by atoms with E-state index < -0.39 is 0 Å². The number of aryl methyl sites for hydroxylation is 1. The van der Waals surface area contributed by atoms with Crippen LogP contribution in [-0.2, 0) is 0 Å². The monoisotopic (exact) mass is 445 g/mol. The van der Waals surface area contributed by atoms with Gasteiger partial charge in [-0.05, 0) is 56.0 Å². The Balaban J connectivity index is 1.58. The Bertz CT molecular complexity index is 1110. The number of hydrogen-bond donors (Lipinski definition) is 3. The summed E-state index contributed by atoms with van der Waals surface area (Å²) in [6, 6.07) is 13.8. The molecule has 4 rings (SSSR count). The number of rotatable bonds is 5. The van der Waals surface area contributed by atoms with Crippen LogP contribution in [-0.4, -0.2) is 62.6 Å². The lowest BCUT2D eigenvalue weighted by atomic mass is 10.1. The molecule has 2 aliphatic rings. The van der Waals surface area contributed by atoms with Crippen molar-refractivity contribution in [3.63, 3.8) is 0 Å². The van der Waals surface area contributed by atoms with Crippen molar-refractivity contribution < 1.29 is 4.79 Å². The first-order chi connectivity index (χ1) is 15.9. The zero-order valence-corrected chi connectivity index (χ0v) is 19.4. The fourth-order valence-electron chi connectivity index (χ4n) is 4.20. The number of anilines is 2. The first kappa shape index (κ1) is 22.5. The minimum absolute atomic E-state index is 0.0585. The van der Waals surface area contributed by atoms with Gasteiger partial charge in [0, 0.05) is 44.5 Å². The van der Waals surface area contributed by atoms with Crippen molar-refractivity contribution >= 4 is 29.7 Å². The number of nitrogens with zero attached hydrogens (tertiary/aromatic N) is 4. The maximum Gasteiger partial charge on any atom is 0.253 e. The maximum absolute atomic E-state index is 12.7. The molecule has 0 radical (unpaired) electrons. The van der Waals surface area contributed by atoms with Crippen molar-refractivity contribution in [2.45, 2.75) is 20.0 Å². The van der Waals surface area contributed by atoms with Crippen LogP contribution < -0.4 is 21.3 Å². The van der Waals surface area contributed by atoms with Gasteiger partial charge >= 0.3 is 0 Å². The number of likely N-dealkylation sites (N-methyl/N-ethyl adjacent to an activating group) is 1. The van der Waals surface area contributed by atoms with Crippen molar-refractivity contribution in [3.05, 3.63) is 70.7 Å². The molecule has 33 heavy (non-hydrogen) atoms. The Morgan fingerprint density at radius 1 is 1.12 bits per heavy atom. The Kier molecular flexibility index (Phi) is 6.46. The number of nitrogens with one attached hydrogen (secondary N) is 2. The van der Waals surface area contributed by atoms with E-state index in [2.05, 4.69) is 52.4 Å². The number of benzene rings is 2. The third-order valence-electron chi connectivity index (χ3n) is 6.15. The van der Waals surface area contributed by atoms with E-state index in [-0.39, 0.29) is 17.9 Å². The standard InChI is InChI=1S/C25H31N7O/c1-16-5-10-21-20(15-16)30-24(31(21)4)22(23(26)27-3)29-17(2)18-6-8-19(9-7-18)25(33)32-13-11-28-12-14-32/h5-10,15,24,28,30H,3,11-14,26H2,1-2,4H3/b23-22-,29-17?. The first-order valence-corrected chi connectivity index (χ1v) is 11.1. The van der Waals surface area contributed by atoms with Gasteiger partial charge in [-0.2, -0.15) is 0 Å². The fraction of sp³-hybridized carbons (Fsp3) is 0.320. The molecule has 1 saturated heterocycles. The summed E-state index contributed by atoms with van der Waals surface area (Å²) < 4.78 is 0. The van der Waals surface area contributed by atoms with E-state index in [4.69, 9.17) is 10.7 Å². The summed E-state index contributed by atoms with van der Waals surface area (Å²) in [7, 11) is 2.00. The average Bonchev–Trinajstić information content (AvgIpc) is 3.17. The maximum atomic E-state index is 12.7. The number of fused-ring (bicyclic) bond motifs is 1. The van der Waals surface area contributed by atoms with Gasteiger partial charge in [-0.1, -0.05) is 18.2 Å². The molecule has 8 heteroatoms. The Labute approximate surface area is 194 Å². The van der Waals surface area contributed by atoms with E-state index >= 15 is 0 Å². The van der Waals surface area contributed by atoms with E-state index in [9.17, 15) is 4.79 Å². The van der Waals surface area contributed by atoms with Crippen LogP contribution in [0.25, 0.3) is 0 Å². The minimum Gasteiger partial charge on any atom is -0.382 e. The number of piperazine rings is 1. The summed E-state index contributed by atoms with van der Waals surface area (Å²) in [5.41, 5.74) is 12.5. The van der Waals surface area contributed by atoms with Crippen LogP contribution in [0.4, 0.5) is 11.4 Å². The normalized spacial score (nSPS) is 19.0. The Morgan fingerprint density at radius 2 is 1.79 bits per heavy atom. The minimum atomic E-state index is -0.268. The Hall–Kier alpha value is -3.65. The summed E-state index contributed by atoms with van der Waals surface area (Å²) >= 11 is 0. The molecule has 2 aromatic rings. The number of carbonyl (C=O) groups is 1. The summed E-state index contributed by atoms with van der Waals surface area (Å²) in [6.07, 6.45) is -0.268. The number of hydrogen-bond acceptors (Lipinski definition) is 7. The van der Waals surface area contributed by atoms with Gasteiger partial charge in [0.15, 0.2) is 0 Å². The highest BCUT2D eigenvalue weighted by atomic mass is 16.2. The van der Waals surface area contributed by atoms with E-state index in [0.29, 0.717) is 11.3 Å². The van der Waals surface area contributed by atoms with Crippen LogP contribution in [0.2, 0.25) is 0 Å². The first-order valence-electron chi connectivity index (χ1n) is 11.1. The van der Waals surface area contributed by atoms with Gasteiger partial charge in [0.25, 0.3) is 5.91 Å². The van der Waals surface area contributed by atoms with E-state index in [1.807, 2.05) is 43.1 Å². The lowest BCUT2D eigenvalue weighted by Crippen LogP contribution is -2.46. The predicted octanol–water partition coefficient (Wildman–Crippen LogP) is 2.57. The SMILES string of the molecule is C=N/C(N)=C(\N=C(C)c1ccc(C(=O)N2CCNCC2)cc1)C1Nc2cc(C)ccc2N1C. The molecule has 1 amide bonds. The Morgan fingerprint density at radius 3 is 2.45 bits per heavy atom. The number of carbonyl (C=O) groups excluding carboxylic acids is 1. The molecule has 172 valence electrons. The topological polar surface area (TPSA) is 98.3 Å². The molecule has 0 saturated carbocycles. The molecule has 2 heterocycles. The van der Waals surface area contributed by atoms with Gasteiger partial charge in [0.2, 0.25) is 0 Å². The van der Waals surface area contributed by atoms with E-state index in [1.165, 1.54) is 5.56 Å². The highest BCUT2D eigenvalue weighted by Crippen LogP contribution is 2.37. The quantitative estimate of drug-likeness (QED) is 0.615. The van der Waals surface area contributed by atoms with Crippen molar-refractivity contribution in [2.24, 2.45) is 15.7 Å². The molecule has 0 bridgehead atoms. The average molecular weight is 446 g/mol. The smallest absolute Gasteiger partial charge is 0.253 e. The lowest BCUT2D eigenvalue weighted by molar-refractivity contribution is 0.0736. The van der Waals surface area contributed by atoms with Crippen LogP contribution in [0, 0.1) is 6.92 Å². The second-order valence-corrected chi connectivity index (χ2v) is 8.42. The van der Waals surface area contributed by atoms with E-state index in [0.717, 1.165) is 48.8 Å². The van der Waals surface area contributed by atoms with Crippen molar-refractivity contribution in [1.29, 1.82) is 0 Å². The predicted molar refractivity (Wildman–Crippen MR) is 135 cm³/mol. The van der Waals surface area contributed by atoms with Crippen molar-refractivity contribution in [2.75, 3.05) is 43.4 Å². The molecule has 2 aromatic carbocycles. The molecule has 4 N–H and O–H groups in total. The second-order valence-electron chi connectivity index (χ2n) is 8.42. The van der Waals surface area contributed by atoms with Crippen molar-refractivity contribution in [3.8, 4) is 0 Å². The third-order valence-corrected chi connectivity index (χ3v) is 6.15. The number of aliphatic imine (C=N–C) groups is 2. The zero-order valence-electron chi connectivity index (χ0n) is 19.4. The van der Waals surface area contributed by atoms with Crippen LogP contribution in [0.1, 0.15) is 28.4 Å². The molecule has 1 fully saturated rings. The molecule has 1 atom stereocenters. The molecule has 8 nitrogen and oxygen atoms in total. The van der Waals surface area contributed by atoms with Crippen molar-refractivity contribution in [1.82, 2.24) is 10.2 Å². The molecular weight excluding hydrogens is 414 g/mol. The van der Waals surface area contributed by atoms with Crippen LogP contribution >= 0.6 is 0 Å². The molecule has 2 aliphatic heterocycles. The lowest BCUT2D eigenvalue weighted by Gasteiger charge is -2.27. The largest absolute Gasteiger partial charge is 0.382 e. The van der Waals surface area contributed by atoms with Gasteiger partial charge in [0.05, 0.1) is 11.4 Å². The summed E-state index contributed by atoms with van der Waals surface area (Å²) in [6.45, 7) is 10.7. The number of amides is 1. The van der Waals surface area contributed by atoms with Gasteiger partial charge in [-0.25, -0.2) is 9.98 Å². The van der Waals surface area contributed by atoms with Gasteiger partial charge in [0.1, 0.15) is 17.7 Å². The van der Waals surface area contributed by atoms with Crippen LogP contribution in [0.3, 0.4) is 0 Å². The molecule has 0 aromatic heterocycles. The van der Waals surface area contributed by atoms with Crippen LogP contribution in [0.5, 0.6) is 0 Å². The highest BCUT2D eigenvalue weighted by molar-refractivity contribution is 6.01.